The maximum atomic E-state index is 13.3. The Morgan fingerprint density at radius 3 is 2.83 bits per heavy atom. The summed E-state index contributed by atoms with van der Waals surface area (Å²) >= 11 is 2.93. The highest BCUT2D eigenvalue weighted by molar-refractivity contribution is 9.10. The van der Waals surface area contributed by atoms with Gasteiger partial charge in [-0.2, -0.15) is 5.26 Å². The number of rotatable bonds is 2. The van der Waals surface area contributed by atoms with Gasteiger partial charge in [0.1, 0.15) is 23.9 Å². The highest BCUT2D eigenvalue weighted by Crippen LogP contribution is 2.28. The lowest BCUT2D eigenvalue weighted by Crippen LogP contribution is -2.02. The molecule has 0 saturated carbocycles. The summed E-state index contributed by atoms with van der Waals surface area (Å²) in [6, 6.07) is 3.66. The van der Waals surface area contributed by atoms with Crippen molar-refractivity contribution in [3.05, 3.63) is 44.7 Å². The molecule has 0 aliphatic rings. The normalized spacial score (nSPS) is 10.1. The van der Waals surface area contributed by atoms with Gasteiger partial charge < -0.3 is 0 Å². The zero-order chi connectivity index (χ0) is 13.3. The van der Waals surface area contributed by atoms with E-state index in [2.05, 4.69) is 26.0 Å². The van der Waals surface area contributed by atoms with Crippen LogP contribution >= 0.6 is 15.9 Å². The zero-order valence-corrected chi connectivity index (χ0v) is 10.1. The second-order valence-electron chi connectivity index (χ2n) is 3.14. The molecule has 0 aliphatic heterocycles. The number of halogens is 2. The molecule has 0 amide bonds. The topological polar surface area (TPSA) is 97.6 Å². The van der Waals surface area contributed by atoms with E-state index in [1.54, 1.807) is 6.07 Å². The summed E-state index contributed by atoms with van der Waals surface area (Å²) in [5, 5.41) is 23.1. The van der Waals surface area contributed by atoms with E-state index in [9.17, 15) is 14.5 Å². The molecule has 0 saturated heterocycles. The maximum absolute atomic E-state index is 13.3. The second kappa shape index (κ2) is 4.50. The monoisotopic (exact) mass is 311 g/mol. The fourth-order valence-corrected chi connectivity index (χ4v) is 1.62. The van der Waals surface area contributed by atoms with Gasteiger partial charge in [0.15, 0.2) is 0 Å². The fourth-order valence-electron chi connectivity index (χ4n) is 1.29. The Bertz CT molecular complexity index is 678. The minimum Gasteiger partial charge on any atom is -0.258 e. The first-order valence-corrected chi connectivity index (χ1v) is 5.28. The van der Waals surface area contributed by atoms with Crippen molar-refractivity contribution < 1.29 is 9.31 Å². The smallest absolute Gasteiger partial charge is 0.258 e. The molecule has 0 N–H and O–H groups in total. The van der Waals surface area contributed by atoms with Gasteiger partial charge in [-0.05, 0) is 22.0 Å². The molecule has 18 heavy (non-hydrogen) atoms. The molecule has 1 aromatic heterocycles. The van der Waals surface area contributed by atoms with Crippen molar-refractivity contribution in [1.29, 1.82) is 5.26 Å². The van der Waals surface area contributed by atoms with E-state index in [0.29, 0.717) is 0 Å². The molecule has 2 rings (SSSR count). The first kappa shape index (κ1) is 12.1. The molecule has 0 atom stereocenters. The largest absolute Gasteiger partial charge is 0.297 e. The molecule has 0 unspecified atom stereocenters. The van der Waals surface area contributed by atoms with Crippen molar-refractivity contribution >= 4 is 21.6 Å². The summed E-state index contributed by atoms with van der Waals surface area (Å²) < 4.78 is 14.4. The molecule has 0 bridgehead atoms. The van der Waals surface area contributed by atoms with Gasteiger partial charge in [0.25, 0.3) is 11.5 Å². The van der Waals surface area contributed by atoms with Gasteiger partial charge in [-0.15, -0.1) is 5.10 Å². The molecule has 2 aromatic rings. The van der Waals surface area contributed by atoms with Gasteiger partial charge >= 0.3 is 0 Å². The third-order valence-electron chi connectivity index (χ3n) is 2.05. The van der Waals surface area contributed by atoms with Crippen molar-refractivity contribution in [3.8, 4) is 11.8 Å². The van der Waals surface area contributed by atoms with Crippen molar-refractivity contribution in [2.75, 3.05) is 0 Å². The summed E-state index contributed by atoms with van der Waals surface area (Å²) in [6.45, 7) is 0. The van der Waals surface area contributed by atoms with Crippen LogP contribution in [0.1, 0.15) is 5.82 Å². The van der Waals surface area contributed by atoms with Crippen molar-refractivity contribution in [2.24, 2.45) is 0 Å². The summed E-state index contributed by atoms with van der Waals surface area (Å²) in [5.74, 6) is -0.893. The van der Waals surface area contributed by atoms with Crippen molar-refractivity contribution in [2.45, 2.75) is 0 Å². The van der Waals surface area contributed by atoms with E-state index in [1.807, 2.05) is 0 Å². The Kier molecular flexibility index (Phi) is 3.03. The lowest BCUT2D eigenvalue weighted by Gasteiger charge is -2.03. The molecule has 90 valence electrons. The van der Waals surface area contributed by atoms with E-state index in [0.717, 1.165) is 17.1 Å². The highest BCUT2D eigenvalue weighted by atomic mass is 79.9. The summed E-state index contributed by atoms with van der Waals surface area (Å²) in [7, 11) is 0. The molecular weight excluding hydrogens is 309 g/mol. The number of aromatic nitrogens is 3. The number of nitriles is 1. The summed E-state index contributed by atoms with van der Waals surface area (Å²) in [5.41, 5.74) is -0.452. The SMILES string of the molecule is N#Cc1ncn(-c2cc(Br)c(F)cc2[N+](=O)[O-])n1. The van der Waals surface area contributed by atoms with Gasteiger partial charge in [-0.3, -0.25) is 10.1 Å². The molecule has 7 nitrogen and oxygen atoms in total. The third kappa shape index (κ3) is 2.05. The zero-order valence-electron chi connectivity index (χ0n) is 8.54. The van der Waals surface area contributed by atoms with E-state index < -0.39 is 16.4 Å². The average molecular weight is 312 g/mol. The van der Waals surface area contributed by atoms with Gasteiger partial charge in [-0.25, -0.2) is 14.1 Å². The highest BCUT2D eigenvalue weighted by Gasteiger charge is 2.20. The van der Waals surface area contributed by atoms with Crippen LogP contribution in [0.4, 0.5) is 10.1 Å². The fraction of sp³-hybridized carbons (Fsp3) is 0. The van der Waals surface area contributed by atoms with Crippen LogP contribution in [0.3, 0.4) is 0 Å². The quantitative estimate of drug-likeness (QED) is 0.623. The minimum absolute atomic E-state index is 0.0160. The molecule has 1 aromatic carbocycles. The second-order valence-corrected chi connectivity index (χ2v) is 3.99. The van der Waals surface area contributed by atoms with Crippen LogP contribution < -0.4 is 0 Å². The van der Waals surface area contributed by atoms with E-state index in [4.69, 9.17) is 5.26 Å². The van der Waals surface area contributed by atoms with Gasteiger partial charge in [0.05, 0.1) is 15.5 Å². The first-order valence-electron chi connectivity index (χ1n) is 4.48. The van der Waals surface area contributed by atoms with Crippen LogP contribution in [0.25, 0.3) is 5.69 Å². The summed E-state index contributed by atoms with van der Waals surface area (Å²) in [4.78, 5) is 13.7. The van der Waals surface area contributed by atoms with Crippen molar-refractivity contribution in [1.82, 2.24) is 14.8 Å². The number of hydrogen-bond acceptors (Lipinski definition) is 5. The van der Waals surface area contributed by atoms with Crippen LogP contribution in [0.15, 0.2) is 22.9 Å². The molecule has 0 spiro atoms. The van der Waals surface area contributed by atoms with Crippen LogP contribution in [0, 0.1) is 27.3 Å². The van der Waals surface area contributed by atoms with Gasteiger partial charge in [-0.1, -0.05) is 0 Å². The lowest BCUT2D eigenvalue weighted by molar-refractivity contribution is -0.384. The van der Waals surface area contributed by atoms with Crippen molar-refractivity contribution in [3.63, 3.8) is 0 Å². The van der Waals surface area contributed by atoms with Crippen LogP contribution in [-0.4, -0.2) is 19.7 Å². The van der Waals surface area contributed by atoms with E-state index in [-0.39, 0.29) is 16.0 Å². The number of nitrogens with zero attached hydrogens (tertiary/aromatic N) is 5. The Morgan fingerprint density at radius 2 is 2.28 bits per heavy atom. The first-order chi connectivity index (χ1) is 8.52. The molecule has 9 heteroatoms. The predicted molar refractivity (Wildman–Crippen MR) is 60.4 cm³/mol. The predicted octanol–water partition coefficient (Wildman–Crippen LogP) is 1.95. The van der Waals surface area contributed by atoms with Crippen LogP contribution in [0.2, 0.25) is 0 Å². The molecule has 1 heterocycles. The lowest BCUT2D eigenvalue weighted by atomic mass is 10.2. The molecule has 0 radical (unpaired) electrons. The number of benzene rings is 1. The minimum atomic E-state index is -0.758. The summed E-state index contributed by atoms with van der Waals surface area (Å²) in [6.07, 6.45) is 1.14. The molecule has 0 fully saturated rings. The standard InChI is InChI=1S/C9H3BrFN5O2/c10-5-1-7(8(16(17)18)2-6(5)11)15-4-13-9(3-12)14-15/h1-2,4H. The maximum Gasteiger partial charge on any atom is 0.297 e. The third-order valence-corrected chi connectivity index (χ3v) is 2.66. The van der Waals surface area contributed by atoms with E-state index >= 15 is 0 Å². The Balaban J connectivity index is 2.66. The molecule has 0 aliphatic carbocycles. The van der Waals surface area contributed by atoms with Gasteiger partial charge in [0, 0.05) is 0 Å². The van der Waals surface area contributed by atoms with Crippen LogP contribution in [0.5, 0.6) is 0 Å². The Labute approximate surface area is 108 Å². The van der Waals surface area contributed by atoms with Gasteiger partial charge in [0.2, 0.25) is 0 Å². The number of nitro groups is 1. The Morgan fingerprint density at radius 1 is 1.56 bits per heavy atom. The number of hydrogen-bond donors (Lipinski definition) is 0. The van der Waals surface area contributed by atoms with E-state index in [1.165, 1.54) is 6.07 Å². The average Bonchev–Trinajstić information content (AvgIpc) is 2.80. The molecular formula is C9H3BrFN5O2. The Hall–Kier alpha value is -2.34. The van der Waals surface area contributed by atoms with Crippen LogP contribution in [-0.2, 0) is 0 Å². The number of nitro benzene ring substituents is 1.